The van der Waals surface area contributed by atoms with Gasteiger partial charge in [-0.05, 0) is 18.4 Å². The maximum absolute atomic E-state index is 10.6. The van der Waals surface area contributed by atoms with Gasteiger partial charge in [-0.2, -0.15) is 0 Å². The van der Waals surface area contributed by atoms with E-state index in [1.54, 1.807) is 0 Å². The quantitative estimate of drug-likeness (QED) is 0.297. The van der Waals surface area contributed by atoms with Gasteiger partial charge in [0.15, 0.2) is 0 Å². The zero-order valence-electron chi connectivity index (χ0n) is 7.25. The van der Waals surface area contributed by atoms with E-state index in [9.17, 15) is 9.90 Å². The van der Waals surface area contributed by atoms with Crippen LogP contribution < -0.4 is 0 Å². The van der Waals surface area contributed by atoms with Crippen LogP contribution in [0.25, 0.3) is 10.4 Å². The number of azide groups is 1. The fraction of sp³-hybridized carbons (Fsp3) is 0.857. The molecule has 0 aliphatic heterocycles. The summed E-state index contributed by atoms with van der Waals surface area (Å²) in [6.07, 6.45) is -0.277. The smallest absolute Gasteiger partial charge is 0.302 e. The highest BCUT2D eigenvalue weighted by atomic mass is 16.6. The Balaban J connectivity index is 2.54. The second kappa shape index (κ2) is 4.11. The summed E-state index contributed by atoms with van der Waals surface area (Å²) in [6, 6.07) is -0.464. The Kier molecular flexibility index (Phi) is 3.11. The number of rotatable bonds is 2. The third kappa shape index (κ3) is 2.34. The van der Waals surface area contributed by atoms with Crippen LogP contribution in [0.5, 0.6) is 0 Å². The minimum Gasteiger partial charge on any atom is -0.460 e. The van der Waals surface area contributed by atoms with E-state index >= 15 is 0 Å². The number of aliphatic hydroxyl groups excluding tert-OH is 1. The van der Waals surface area contributed by atoms with Gasteiger partial charge in [0.05, 0.1) is 12.1 Å². The topological polar surface area (TPSA) is 95.3 Å². The average Bonchev–Trinajstić information content (AvgIpc) is 2.36. The molecular formula is C7H11N3O3. The molecule has 1 rings (SSSR count). The molecule has 0 heterocycles. The summed E-state index contributed by atoms with van der Waals surface area (Å²) >= 11 is 0. The lowest BCUT2D eigenvalue weighted by Gasteiger charge is -2.15. The SMILES string of the molecule is CC(=O)O[C@@H]1CC[C@H](N=[N+]=[N-])[C@@H]1O. The predicted molar refractivity (Wildman–Crippen MR) is 43.7 cm³/mol. The molecule has 0 aromatic rings. The Morgan fingerprint density at radius 3 is 2.92 bits per heavy atom. The summed E-state index contributed by atoms with van der Waals surface area (Å²) in [5.74, 6) is -0.425. The largest absolute Gasteiger partial charge is 0.460 e. The lowest BCUT2D eigenvalue weighted by molar-refractivity contribution is -0.150. The second-order valence-electron chi connectivity index (χ2n) is 2.99. The molecule has 1 saturated carbocycles. The summed E-state index contributed by atoms with van der Waals surface area (Å²) < 4.78 is 4.83. The number of carbonyl (C=O) groups is 1. The molecule has 0 saturated heterocycles. The molecule has 0 unspecified atom stereocenters. The van der Waals surface area contributed by atoms with Crippen LogP contribution in [0.4, 0.5) is 0 Å². The normalized spacial score (nSPS) is 32.3. The zero-order chi connectivity index (χ0) is 9.84. The molecule has 1 N–H and O–H groups in total. The van der Waals surface area contributed by atoms with Crippen molar-refractivity contribution in [2.45, 2.75) is 38.0 Å². The number of nitrogens with zero attached hydrogens (tertiary/aromatic N) is 3. The lowest BCUT2D eigenvalue weighted by Crippen LogP contribution is -2.30. The van der Waals surface area contributed by atoms with E-state index in [2.05, 4.69) is 10.0 Å². The van der Waals surface area contributed by atoms with E-state index in [1.165, 1.54) is 6.92 Å². The molecule has 0 spiro atoms. The maximum Gasteiger partial charge on any atom is 0.302 e. The van der Waals surface area contributed by atoms with E-state index < -0.39 is 24.2 Å². The second-order valence-corrected chi connectivity index (χ2v) is 2.99. The third-order valence-electron chi connectivity index (χ3n) is 2.04. The average molecular weight is 185 g/mol. The molecule has 1 fully saturated rings. The molecule has 1 aliphatic rings. The molecule has 6 nitrogen and oxygen atoms in total. The van der Waals surface area contributed by atoms with Gasteiger partial charge in [-0.1, -0.05) is 5.11 Å². The first-order valence-corrected chi connectivity index (χ1v) is 4.04. The molecule has 72 valence electrons. The molecule has 13 heavy (non-hydrogen) atoms. The van der Waals surface area contributed by atoms with Crippen molar-refractivity contribution < 1.29 is 14.6 Å². The lowest BCUT2D eigenvalue weighted by atomic mass is 10.2. The summed E-state index contributed by atoms with van der Waals surface area (Å²) in [5.41, 5.74) is 8.15. The van der Waals surface area contributed by atoms with E-state index in [-0.39, 0.29) is 0 Å². The Morgan fingerprint density at radius 2 is 2.38 bits per heavy atom. The molecule has 0 radical (unpaired) electrons. The fourth-order valence-electron chi connectivity index (χ4n) is 1.46. The van der Waals surface area contributed by atoms with Crippen molar-refractivity contribution in [1.29, 1.82) is 0 Å². The van der Waals surface area contributed by atoms with Gasteiger partial charge in [-0.15, -0.1) is 0 Å². The standard InChI is InChI=1S/C7H11N3O3/c1-4(11)13-6-3-2-5(7(6)12)9-10-8/h5-7,12H,2-3H2,1H3/t5-,6+,7-/m0/s1. The van der Waals surface area contributed by atoms with Gasteiger partial charge in [0.1, 0.15) is 6.10 Å². The van der Waals surface area contributed by atoms with Gasteiger partial charge in [-0.25, -0.2) is 0 Å². The third-order valence-corrected chi connectivity index (χ3v) is 2.04. The number of hydrogen-bond donors (Lipinski definition) is 1. The van der Waals surface area contributed by atoms with Crippen LogP contribution in [0, 0.1) is 0 Å². The van der Waals surface area contributed by atoms with Crippen LogP contribution in [0.1, 0.15) is 19.8 Å². The van der Waals surface area contributed by atoms with Crippen molar-refractivity contribution >= 4 is 5.97 Å². The van der Waals surface area contributed by atoms with Crippen LogP contribution in [-0.2, 0) is 9.53 Å². The minimum atomic E-state index is -0.861. The van der Waals surface area contributed by atoms with Gasteiger partial charge >= 0.3 is 5.97 Å². The van der Waals surface area contributed by atoms with Crippen LogP contribution in [-0.4, -0.2) is 29.3 Å². The monoisotopic (exact) mass is 185 g/mol. The number of aliphatic hydroxyl groups is 1. The van der Waals surface area contributed by atoms with Gasteiger partial charge in [0, 0.05) is 11.8 Å². The molecule has 6 heteroatoms. The van der Waals surface area contributed by atoms with Crippen molar-refractivity contribution in [2.24, 2.45) is 5.11 Å². The highest BCUT2D eigenvalue weighted by Gasteiger charge is 2.36. The van der Waals surface area contributed by atoms with Crippen molar-refractivity contribution in [3.05, 3.63) is 10.4 Å². The van der Waals surface area contributed by atoms with Crippen LogP contribution in [0.3, 0.4) is 0 Å². The molecular weight excluding hydrogens is 174 g/mol. The van der Waals surface area contributed by atoms with E-state index in [0.29, 0.717) is 12.8 Å². The maximum atomic E-state index is 10.6. The predicted octanol–water partition coefficient (Wildman–Crippen LogP) is 0.752. The number of hydrogen-bond acceptors (Lipinski definition) is 4. The van der Waals surface area contributed by atoms with Crippen molar-refractivity contribution in [3.8, 4) is 0 Å². The Hall–Kier alpha value is -1.26. The molecule has 0 aromatic heterocycles. The van der Waals surface area contributed by atoms with Gasteiger partial charge in [0.25, 0.3) is 0 Å². The fourth-order valence-corrected chi connectivity index (χ4v) is 1.46. The van der Waals surface area contributed by atoms with Crippen molar-refractivity contribution in [2.75, 3.05) is 0 Å². The highest BCUT2D eigenvalue weighted by molar-refractivity contribution is 5.66. The summed E-state index contributed by atoms with van der Waals surface area (Å²) in [7, 11) is 0. The van der Waals surface area contributed by atoms with Crippen LogP contribution in [0.2, 0.25) is 0 Å². The van der Waals surface area contributed by atoms with Gasteiger partial charge in [0.2, 0.25) is 0 Å². The van der Waals surface area contributed by atoms with Crippen molar-refractivity contribution in [3.63, 3.8) is 0 Å². The molecule has 0 aromatic carbocycles. The molecule has 1 aliphatic carbocycles. The van der Waals surface area contributed by atoms with E-state index in [0.717, 1.165) is 0 Å². The number of ether oxygens (including phenoxy) is 1. The Labute approximate surface area is 75.1 Å². The van der Waals surface area contributed by atoms with E-state index in [4.69, 9.17) is 10.3 Å². The zero-order valence-corrected chi connectivity index (χ0v) is 7.25. The minimum absolute atomic E-state index is 0.425. The van der Waals surface area contributed by atoms with Crippen molar-refractivity contribution in [1.82, 2.24) is 0 Å². The molecule has 0 bridgehead atoms. The Morgan fingerprint density at radius 1 is 1.69 bits per heavy atom. The summed E-state index contributed by atoms with van der Waals surface area (Å²) in [5, 5.41) is 12.9. The first kappa shape index (κ1) is 9.83. The summed E-state index contributed by atoms with van der Waals surface area (Å²) in [4.78, 5) is 13.2. The van der Waals surface area contributed by atoms with Crippen LogP contribution in [0.15, 0.2) is 5.11 Å². The van der Waals surface area contributed by atoms with Gasteiger partial charge in [-0.3, -0.25) is 4.79 Å². The molecule has 0 amide bonds. The highest BCUT2D eigenvalue weighted by Crippen LogP contribution is 2.25. The van der Waals surface area contributed by atoms with Gasteiger partial charge < -0.3 is 9.84 Å². The first-order valence-electron chi connectivity index (χ1n) is 4.04. The van der Waals surface area contributed by atoms with E-state index in [1.807, 2.05) is 0 Å². The first-order chi connectivity index (χ1) is 6.15. The summed E-state index contributed by atoms with van der Waals surface area (Å²) in [6.45, 7) is 1.29. The number of esters is 1. The van der Waals surface area contributed by atoms with Crippen LogP contribution >= 0.6 is 0 Å². The number of carbonyl (C=O) groups excluding carboxylic acids is 1. The Bertz CT molecular complexity index is 249. The molecule has 3 atom stereocenters.